The third-order valence-electron chi connectivity index (χ3n) is 2.87. The molecule has 0 saturated heterocycles. The Morgan fingerprint density at radius 1 is 0.722 bits per heavy atom. The Morgan fingerprint density at radius 3 is 1.89 bits per heavy atom. The summed E-state index contributed by atoms with van der Waals surface area (Å²) < 4.78 is 0. The molecule has 0 aliphatic carbocycles. The van der Waals surface area contributed by atoms with Crippen molar-refractivity contribution in [2.75, 3.05) is 0 Å². The summed E-state index contributed by atoms with van der Waals surface area (Å²) in [7, 11) is 0. The zero-order valence-corrected chi connectivity index (χ0v) is 10.5. The number of hydrogen-bond acceptors (Lipinski definition) is 2. The van der Waals surface area contributed by atoms with E-state index in [1.165, 1.54) is 0 Å². The van der Waals surface area contributed by atoms with Crippen molar-refractivity contribution in [1.29, 1.82) is 0 Å². The van der Waals surface area contributed by atoms with E-state index in [-0.39, 0.29) is 0 Å². The van der Waals surface area contributed by atoms with Crippen LogP contribution in [-0.4, -0.2) is 5.11 Å². The topological polar surface area (TPSA) is 20.2 Å². The van der Waals surface area contributed by atoms with Crippen molar-refractivity contribution in [2.45, 2.75) is 0 Å². The van der Waals surface area contributed by atoms with Gasteiger partial charge in [0, 0.05) is 15.8 Å². The lowest BCUT2D eigenvalue weighted by atomic mass is 10.0. The zero-order chi connectivity index (χ0) is 12.4. The van der Waals surface area contributed by atoms with Crippen LogP contribution >= 0.6 is 11.3 Å². The smallest absolute Gasteiger partial charge is 0.134 e. The largest absolute Gasteiger partial charge is 0.506 e. The monoisotopic (exact) mass is 252 g/mol. The van der Waals surface area contributed by atoms with Gasteiger partial charge in [-0.05, 0) is 11.1 Å². The van der Waals surface area contributed by atoms with Gasteiger partial charge in [-0.15, -0.1) is 11.3 Å². The van der Waals surface area contributed by atoms with Gasteiger partial charge in [-0.1, -0.05) is 60.7 Å². The Hall–Kier alpha value is -2.06. The van der Waals surface area contributed by atoms with E-state index in [1.807, 2.05) is 48.5 Å². The van der Waals surface area contributed by atoms with E-state index in [4.69, 9.17) is 0 Å². The quantitative estimate of drug-likeness (QED) is 0.695. The minimum atomic E-state index is 0.352. The summed E-state index contributed by atoms with van der Waals surface area (Å²) in [5, 5.41) is 11.9. The molecule has 0 aliphatic rings. The second kappa shape index (κ2) is 4.67. The SMILES string of the molecule is Oc1csc(-c2ccccc2)c1-c1ccccc1. The summed E-state index contributed by atoms with van der Waals surface area (Å²) in [5.74, 6) is 0.352. The van der Waals surface area contributed by atoms with Crippen LogP contribution in [0, 0.1) is 0 Å². The Kier molecular flexibility index (Phi) is 2.87. The van der Waals surface area contributed by atoms with Crippen molar-refractivity contribution in [2.24, 2.45) is 0 Å². The average molecular weight is 252 g/mol. The number of hydrogen-bond donors (Lipinski definition) is 1. The Morgan fingerprint density at radius 2 is 1.28 bits per heavy atom. The highest BCUT2D eigenvalue weighted by Crippen LogP contribution is 2.43. The third-order valence-corrected chi connectivity index (χ3v) is 3.89. The van der Waals surface area contributed by atoms with E-state index >= 15 is 0 Å². The first kappa shape index (κ1) is 11.1. The van der Waals surface area contributed by atoms with Gasteiger partial charge in [0.1, 0.15) is 5.75 Å². The molecule has 2 aromatic carbocycles. The van der Waals surface area contributed by atoms with Crippen LogP contribution < -0.4 is 0 Å². The molecule has 3 aromatic rings. The fourth-order valence-corrected chi connectivity index (χ4v) is 2.99. The molecule has 1 aromatic heterocycles. The molecule has 88 valence electrons. The lowest BCUT2D eigenvalue weighted by molar-refractivity contribution is 0.480. The van der Waals surface area contributed by atoms with Crippen molar-refractivity contribution in [3.05, 3.63) is 66.0 Å². The summed E-state index contributed by atoms with van der Waals surface area (Å²) in [5.41, 5.74) is 3.11. The van der Waals surface area contributed by atoms with E-state index in [9.17, 15) is 5.11 Å². The molecule has 0 bridgehead atoms. The Labute approximate surface area is 110 Å². The average Bonchev–Trinajstić information content (AvgIpc) is 2.83. The minimum Gasteiger partial charge on any atom is -0.506 e. The molecule has 2 heteroatoms. The van der Waals surface area contributed by atoms with Gasteiger partial charge in [-0.3, -0.25) is 0 Å². The lowest BCUT2D eigenvalue weighted by Crippen LogP contribution is -1.79. The Bertz CT molecular complexity index is 641. The van der Waals surface area contributed by atoms with Crippen LogP contribution in [0.2, 0.25) is 0 Å². The predicted octanol–water partition coefficient (Wildman–Crippen LogP) is 4.79. The molecule has 0 radical (unpaired) electrons. The van der Waals surface area contributed by atoms with Crippen LogP contribution in [0.4, 0.5) is 0 Å². The molecule has 0 fully saturated rings. The van der Waals surface area contributed by atoms with Crippen molar-refractivity contribution in [3.63, 3.8) is 0 Å². The van der Waals surface area contributed by atoms with Gasteiger partial charge in [0.05, 0.1) is 0 Å². The molecule has 1 N–H and O–H groups in total. The first-order valence-electron chi connectivity index (χ1n) is 5.77. The molecule has 1 heterocycles. The lowest BCUT2D eigenvalue weighted by Gasteiger charge is -2.05. The van der Waals surface area contributed by atoms with Gasteiger partial charge in [0.15, 0.2) is 0 Å². The third kappa shape index (κ3) is 1.91. The van der Waals surface area contributed by atoms with Gasteiger partial charge in [0.25, 0.3) is 0 Å². The zero-order valence-electron chi connectivity index (χ0n) is 9.71. The first-order valence-corrected chi connectivity index (χ1v) is 6.65. The maximum atomic E-state index is 10.1. The van der Waals surface area contributed by atoms with Crippen LogP contribution in [0.1, 0.15) is 0 Å². The van der Waals surface area contributed by atoms with E-state index in [1.54, 1.807) is 16.7 Å². The standard InChI is InChI=1S/C16H12OS/c17-14-11-18-16(13-9-5-2-6-10-13)15(14)12-7-3-1-4-8-12/h1-11,17H. The summed E-state index contributed by atoms with van der Waals surface area (Å²) in [4.78, 5) is 1.11. The molecule has 0 aliphatic heterocycles. The van der Waals surface area contributed by atoms with E-state index < -0.39 is 0 Å². The van der Waals surface area contributed by atoms with Crippen molar-refractivity contribution in [1.82, 2.24) is 0 Å². The van der Waals surface area contributed by atoms with Gasteiger partial charge < -0.3 is 5.11 Å². The maximum Gasteiger partial charge on any atom is 0.134 e. The van der Waals surface area contributed by atoms with Crippen molar-refractivity contribution < 1.29 is 5.11 Å². The van der Waals surface area contributed by atoms with Gasteiger partial charge in [0.2, 0.25) is 0 Å². The number of aromatic hydroxyl groups is 1. The van der Waals surface area contributed by atoms with E-state index in [0.29, 0.717) is 5.75 Å². The summed E-state index contributed by atoms with van der Waals surface area (Å²) in [6.07, 6.45) is 0. The van der Waals surface area contributed by atoms with Gasteiger partial charge in [-0.25, -0.2) is 0 Å². The van der Waals surface area contributed by atoms with Gasteiger partial charge in [-0.2, -0.15) is 0 Å². The van der Waals surface area contributed by atoms with E-state index in [0.717, 1.165) is 21.6 Å². The van der Waals surface area contributed by atoms with Crippen LogP contribution in [0.15, 0.2) is 66.0 Å². The summed E-state index contributed by atoms with van der Waals surface area (Å²) in [6, 6.07) is 20.2. The molecule has 3 rings (SSSR count). The summed E-state index contributed by atoms with van der Waals surface area (Å²) >= 11 is 1.57. The molecule has 0 saturated carbocycles. The van der Waals surface area contributed by atoms with Gasteiger partial charge >= 0.3 is 0 Å². The molecule has 18 heavy (non-hydrogen) atoms. The highest BCUT2D eigenvalue weighted by atomic mass is 32.1. The molecule has 0 spiro atoms. The normalized spacial score (nSPS) is 10.4. The molecule has 0 amide bonds. The highest BCUT2D eigenvalue weighted by Gasteiger charge is 2.14. The molecular weight excluding hydrogens is 240 g/mol. The number of rotatable bonds is 2. The van der Waals surface area contributed by atoms with Crippen molar-refractivity contribution in [3.8, 4) is 27.3 Å². The number of benzene rings is 2. The Balaban J connectivity index is 2.19. The van der Waals surface area contributed by atoms with E-state index in [2.05, 4.69) is 12.1 Å². The van der Waals surface area contributed by atoms with Crippen molar-refractivity contribution >= 4 is 11.3 Å². The second-order valence-corrected chi connectivity index (χ2v) is 4.94. The minimum absolute atomic E-state index is 0.352. The molecular formula is C16H12OS. The molecule has 1 nitrogen and oxygen atoms in total. The maximum absolute atomic E-state index is 10.1. The first-order chi connectivity index (χ1) is 8.86. The summed E-state index contributed by atoms with van der Waals surface area (Å²) in [6.45, 7) is 0. The predicted molar refractivity (Wildman–Crippen MR) is 76.9 cm³/mol. The van der Waals surface area contributed by atoms with Crippen LogP contribution in [0.25, 0.3) is 21.6 Å². The fourth-order valence-electron chi connectivity index (χ4n) is 2.03. The second-order valence-electron chi connectivity index (χ2n) is 4.06. The molecule has 0 unspecified atom stereocenters. The van der Waals surface area contributed by atoms with Crippen LogP contribution in [0.5, 0.6) is 5.75 Å². The van der Waals surface area contributed by atoms with Crippen LogP contribution in [0.3, 0.4) is 0 Å². The number of thiophene rings is 1. The highest BCUT2D eigenvalue weighted by molar-refractivity contribution is 7.14. The fraction of sp³-hybridized carbons (Fsp3) is 0. The molecule has 0 atom stereocenters. The van der Waals surface area contributed by atoms with Crippen LogP contribution in [-0.2, 0) is 0 Å².